The smallest absolute Gasteiger partial charge is 0.337 e. The molecule has 1 aliphatic carbocycles. The third-order valence-corrected chi connectivity index (χ3v) is 7.57. The van der Waals surface area contributed by atoms with Crippen LogP contribution in [0.2, 0.25) is 0 Å². The van der Waals surface area contributed by atoms with Gasteiger partial charge in [0.25, 0.3) is 0 Å². The van der Waals surface area contributed by atoms with E-state index in [0.717, 1.165) is 19.4 Å². The Morgan fingerprint density at radius 3 is 2.38 bits per heavy atom. The number of aliphatic hydroxyl groups is 4. The zero-order valence-corrected chi connectivity index (χ0v) is 23.1. The lowest BCUT2D eigenvalue weighted by atomic mass is 9.80. The molecule has 2 aliphatic heterocycles. The van der Waals surface area contributed by atoms with E-state index in [9.17, 15) is 39.9 Å². The van der Waals surface area contributed by atoms with Crippen molar-refractivity contribution in [2.75, 3.05) is 13.7 Å². The largest absolute Gasteiger partial charge is 0.508 e. The Labute approximate surface area is 240 Å². The number of aromatic hydroxyl groups is 1. The van der Waals surface area contributed by atoms with Gasteiger partial charge in [-0.15, -0.1) is 0 Å². The number of carbonyl (C=O) groups is 3. The number of esters is 3. The van der Waals surface area contributed by atoms with E-state index < -0.39 is 85.1 Å². The van der Waals surface area contributed by atoms with Crippen molar-refractivity contribution in [3.63, 3.8) is 0 Å². The number of phenolic OH excluding ortho intramolecular Hbond substituents is 1. The summed E-state index contributed by atoms with van der Waals surface area (Å²) >= 11 is 0. The van der Waals surface area contributed by atoms with Crippen LogP contribution < -0.4 is 0 Å². The summed E-state index contributed by atoms with van der Waals surface area (Å²) < 4.78 is 33.4. The second-order valence-electron chi connectivity index (χ2n) is 10.5. The Kier molecular flexibility index (Phi) is 9.55. The Morgan fingerprint density at radius 1 is 1.07 bits per heavy atom. The standard InChI is InChI=1S/C28H34O14/c1-13(30)42-28(2)10-17(39-19(32)9-6-14-4-7-15(31)8-5-14)20-16(25(36)37-3)12-38-26(21(20)28)41-27-24(35)23(34)22(33)18(11-29)40-27/h4-9,12,17-18,20-24,26-27,29,31,33-35H,10-11H2,1-3H3/t17-,18-,20+,21-,22-,23+,24-,26+,27+,28+/m1/s1. The van der Waals surface area contributed by atoms with Crippen molar-refractivity contribution in [3.05, 3.63) is 47.7 Å². The summed E-state index contributed by atoms with van der Waals surface area (Å²) in [5, 5.41) is 49.8. The lowest BCUT2D eigenvalue weighted by Gasteiger charge is -2.44. The molecule has 0 bridgehead atoms. The van der Waals surface area contributed by atoms with E-state index in [1.54, 1.807) is 19.1 Å². The first kappa shape index (κ1) is 31.4. The minimum atomic E-state index is -1.77. The molecule has 42 heavy (non-hydrogen) atoms. The Hall–Kier alpha value is -3.53. The Balaban J connectivity index is 1.65. The van der Waals surface area contributed by atoms with Gasteiger partial charge < -0.3 is 54.0 Å². The third-order valence-electron chi connectivity index (χ3n) is 7.57. The fraction of sp³-hybridized carbons (Fsp3) is 0.536. The first-order valence-electron chi connectivity index (χ1n) is 13.2. The highest BCUT2D eigenvalue weighted by Crippen LogP contribution is 2.52. The average Bonchev–Trinajstić information content (AvgIpc) is 3.23. The SMILES string of the molecule is COC(=O)C1=CO[C@@H](O[C@@H]2O[C@H](CO)[C@@H](O)[C@H](O)[C@H]2O)[C@H]2[C@@H]1[C@H](OC(=O)C=Cc1ccc(O)cc1)C[C@]2(C)OC(C)=O. The summed E-state index contributed by atoms with van der Waals surface area (Å²) in [5.74, 6) is -4.23. The van der Waals surface area contributed by atoms with Gasteiger partial charge in [-0.2, -0.15) is 0 Å². The van der Waals surface area contributed by atoms with E-state index in [0.29, 0.717) is 5.56 Å². The van der Waals surface area contributed by atoms with Crippen LogP contribution in [-0.2, 0) is 42.8 Å². The molecule has 14 heteroatoms. The van der Waals surface area contributed by atoms with Crippen molar-refractivity contribution in [2.45, 2.75) is 69.0 Å². The van der Waals surface area contributed by atoms with Crippen LogP contribution in [0.15, 0.2) is 42.2 Å². The molecule has 0 aromatic heterocycles. The van der Waals surface area contributed by atoms with Gasteiger partial charge >= 0.3 is 17.9 Å². The summed E-state index contributed by atoms with van der Waals surface area (Å²) in [6, 6.07) is 6.06. The molecule has 5 N–H and O–H groups in total. The molecule has 0 unspecified atom stereocenters. The van der Waals surface area contributed by atoms with E-state index >= 15 is 0 Å². The summed E-state index contributed by atoms with van der Waals surface area (Å²) in [6.45, 7) is 2.02. The first-order valence-corrected chi connectivity index (χ1v) is 13.2. The summed E-state index contributed by atoms with van der Waals surface area (Å²) in [6.07, 6.45) is -6.89. The van der Waals surface area contributed by atoms with E-state index in [-0.39, 0.29) is 17.7 Å². The maximum absolute atomic E-state index is 12.9. The van der Waals surface area contributed by atoms with E-state index in [1.807, 2.05) is 0 Å². The number of benzene rings is 1. The molecule has 1 saturated heterocycles. The molecule has 2 fully saturated rings. The number of rotatable bonds is 8. The second-order valence-corrected chi connectivity index (χ2v) is 10.5. The number of methoxy groups -OCH3 is 1. The van der Waals surface area contributed by atoms with Gasteiger partial charge in [-0.05, 0) is 30.7 Å². The van der Waals surface area contributed by atoms with E-state index in [1.165, 1.54) is 25.1 Å². The molecular formula is C28H34O14. The number of aliphatic hydroxyl groups excluding tert-OH is 4. The van der Waals surface area contributed by atoms with Crippen molar-refractivity contribution >= 4 is 24.0 Å². The van der Waals surface area contributed by atoms with E-state index in [4.69, 9.17) is 28.4 Å². The number of fused-ring (bicyclic) bond motifs is 1. The minimum absolute atomic E-state index is 0.0349. The van der Waals surface area contributed by atoms with Crippen LogP contribution in [0.5, 0.6) is 5.75 Å². The maximum Gasteiger partial charge on any atom is 0.337 e. The van der Waals surface area contributed by atoms with Crippen molar-refractivity contribution in [1.29, 1.82) is 0 Å². The van der Waals surface area contributed by atoms with Gasteiger partial charge in [0.1, 0.15) is 41.9 Å². The third kappa shape index (κ3) is 6.43. The monoisotopic (exact) mass is 594 g/mol. The number of hydrogen-bond acceptors (Lipinski definition) is 14. The van der Waals surface area contributed by atoms with Gasteiger partial charge in [0.05, 0.1) is 31.5 Å². The van der Waals surface area contributed by atoms with Crippen molar-refractivity contribution in [3.8, 4) is 5.75 Å². The first-order chi connectivity index (χ1) is 19.9. The molecule has 4 rings (SSSR count). The predicted molar refractivity (Wildman–Crippen MR) is 139 cm³/mol. The molecule has 1 aromatic rings. The quantitative estimate of drug-likeness (QED) is 0.146. The molecule has 0 spiro atoms. The molecule has 0 amide bonds. The molecule has 3 aliphatic rings. The van der Waals surface area contributed by atoms with Crippen molar-refractivity contribution in [1.82, 2.24) is 0 Å². The molecular weight excluding hydrogens is 560 g/mol. The molecule has 0 radical (unpaired) electrons. The fourth-order valence-electron chi connectivity index (χ4n) is 5.65. The highest BCUT2D eigenvalue weighted by atomic mass is 16.8. The van der Waals surface area contributed by atoms with Gasteiger partial charge in [-0.1, -0.05) is 12.1 Å². The van der Waals surface area contributed by atoms with Crippen LogP contribution in [0.1, 0.15) is 25.8 Å². The van der Waals surface area contributed by atoms with Crippen LogP contribution >= 0.6 is 0 Å². The van der Waals surface area contributed by atoms with Gasteiger partial charge in [-0.3, -0.25) is 4.79 Å². The highest BCUT2D eigenvalue weighted by Gasteiger charge is 2.63. The predicted octanol–water partition coefficient (Wildman–Crippen LogP) is -0.495. The fourth-order valence-corrected chi connectivity index (χ4v) is 5.65. The Morgan fingerprint density at radius 2 is 1.76 bits per heavy atom. The van der Waals surface area contributed by atoms with Crippen molar-refractivity contribution in [2.24, 2.45) is 11.8 Å². The number of phenols is 1. The highest BCUT2D eigenvalue weighted by molar-refractivity contribution is 5.90. The van der Waals surface area contributed by atoms with E-state index in [2.05, 4.69) is 0 Å². The van der Waals surface area contributed by atoms with Gasteiger partial charge in [0.2, 0.25) is 6.29 Å². The van der Waals surface area contributed by atoms with Gasteiger partial charge in [-0.25, -0.2) is 9.59 Å². The normalized spacial score (nSPS) is 36.0. The zero-order chi connectivity index (χ0) is 30.8. The molecule has 1 saturated carbocycles. The summed E-state index contributed by atoms with van der Waals surface area (Å²) in [5.41, 5.74) is -0.880. The second kappa shape index (κ2) is 12.8. The number of hydrogen-bond donors (Lipinski definition) is 5. The number of ether oxygens (including phenoxy) is 6. The van der Waals surface area contributed by atoms with Crippen LogP contribution in [0, 0.1) is 11.8 Å². The van der Waals surface area contributed by atoms with Crippen molar-refractivity contribution < 1.29 is 68.3 Å². The maximum atomic E-state index is 12.9. The average molecular weight is 595 g/mol. The molecule has 1 aromatic carbocycles. The molecule has 2 heterocycles. The van der Waals surface area contributed by atoms with Crippen LogP contribution in [0.25, 0.3) is 6.08 Å². The molecule has 10 atom stereocenters. The molecule has 230 valence electrons. The van der Waals surface area contributed by atoms with Crippen LogP contribution in [-0.4, -0.2) is 106 Å². The molecule has 14 nitrogen and oxygen atoms in total. The Bertz CT molecular complexity index is 1210. The number of carbonyl (C=O) groups excluding carboxylic acids is 3. The topological polar surface area (TPSA) is 208 Å². The lowest BCUT2D eigenvalue weighted by molar-refractivity contribution is -0.346. The summed E-state index contributed by atoms with van der Waals surface area (Å²) in [4.78, 5) is 37.8. The van der Waals surface area contributed by atoms with Gasteiger partial charge in [0.15, 0.2) is 6.29 Å². The van der Waals surface area contributed by atoms with Gasteiger partial charge in [0, 0.05) is 25.3 Å². The minimum Gasteiger partial charge on any atom is -0.508 e. The van der Waals surface area contributed by atoms with Crippen LogP contribution in [0.4, 0.5) is 0 Å². The summed E-state index contributed by atoms with van der Waals surface area (Å²) in [7, 11) is 1.15. The lowest BCUT2D eigenvalue weighted by Crippen LogP contribution is -2.61. The zero-order valence-electron chi connectivity index (χ0n) is 23.1. The van der Waals surface area contributed by atoms with Crippen LogP contribution in [0.3, 0.4) is 0 Å².